The number of benzene rings is 1. The Balaban J connectivity index is 1.52. The number of hydrogen-bond donors (Lipinski definition) is 0. The summed E-state index contributed by atoms with van der Waals surface area (Å²) in [5, 5.41) is 4.39. The van der Waals surface area contributed by atoms with E-state index in [0.717, 1.165) is 24.0 Å². The lowest BCUT2D eigenvalue weighted by Gasteiger charge is -2.27. The number of aromatic nitrogens is 3. The molecule has 0 saturated heterocycles. The molecule has 0 spiro atoms. The second-order valence-electron chi connectivity index (χ2n) is 7.48. The number of fused-ring (bicyclic) bond motifs is 2. The van der Waals surface area contributed by atoms with E-state index in [9.17, 15) is 12.8 Å². The molecule has 30 heavy (non-hydrogen) atoms. The van der Waals surface area contributed by atoms with Crippen molar-refractivity contribution in [3.8, 4) is 0 Å². The van der Waals surface area contributed by atoms with Crippen molar-refractivity contribution >= 4 is 26.8 Å². The van der Waals surface area contributed by atoms with Crippen molar-refractivity contribution in [2.45, 2.75) is 30.7 Å². The predicted molar refractivity (Wildman–Crippen MR) is 109 cm³/mol. The average Bonchev–Trinajstić information content (AvgIpc) is 3.42. The van der Waals surface area contributed by atoms with Crippen molar-refractivity contribution in [2.75, 3.05) is 11.9 Å². The summed E-state index contributed by atoms with van der Waals surface area (Å²) in [6.45, 7) is 1.73. The van der Waals surface area contributed by atoms with Crippen LogP contribution in [0.3, 0.4) is 0 Å². The Hall–Kier alpha value is -3.20. The standard InChI is InChI=1S/C21H19FN4O3S/c1-13-16-9-15(10-23-21(16)29-24-13)30(27,28)26-11-14-7-8-19(17(14)12-26)25(2)20-6-4-3-5-18(20)22/h3-6,9-12,19H,7-8H2,1-2H3. The van der Waals surface area contributed by atoms with Crippen molar-refractivity contribution in [2.24, 2.45) is 0 Å². The third-order valence-corrected chi connectivity index (χ3v) is 7.31. The van der Waals surface area contributed by atoms with Crippen LogP contribution in [-0.2, 0) is 16.4 Å². The van der Waals surface area contributed by atoms with Crippen LogP contribution in [0.25, 0.3) is 11.1 Å². The minimum absolute atomic E-state index is 0.0639. The molecule has 0 amide bonds. The summed E-state index contributed by atoms with van der Waals surface area (Å²) >= 11 is 0. The average molecular weight is 426 g/mol. The summed E-state index contributed by atoms with van der Waals surface area (Å²) in [6, 6.07) is 8.01. The molecule has 0 fully saturated rings. The van der Waals surface area contributed by atoms with Gasteiger partial charge in [0.2, 0.25) is 0 Å². The highest BCUT2D eigenvalue weighted by Gasteiger charge is 2.31. The van der Waals surface area contributed by atoms with Gasteiger partial charge < -0.3 is 9.42 Å². The maximum absolute atomic E-state index is 14.3. The SMILES string of the molecule is Cc1noc2ncc(S(=O)(=O)n3cc4c(c3)C(N(C)c3ccccc3F)CC4)cc12. The molecule has 3 heterocycles. The fraction of sp³-hybridized carbons (Fsp3) is 0.238. The van der Waals surface area contributed by atoms with E-state index in [1.807, 2.05) is 11.9 Å². The molecule has 1 aliphatic rings. The van der Waals surface area contributed by atoms with Crippen molar-refractivity contribution in [3.05, 3.63) is 71.6 Å². The number of hydrogen-bond acceptors (Lipinski definition) is 6. The van der Waals surface area contributed by atoms with E-state index in [0.29, 0.717) is 22.5 Å². The van der Waals surface area contributed by atoms with E-state index in [1.54, 1.807) is 37.5 Å². The molecule has 1 atom stereocenters. The first-order chi connectivity index (χ1) is 14.4. The summed E-state index contributed by atoms with van der Waals surface area (Å²) in [6.07, 6.45) is 6.07. The molecule has 7 nitrogen and oxygen atoms in total. The van der Waals surface area contributed by atoms with Gasteiger partial charge in [-0.1, -0.05) is 17.3 Å². The Kier molecular flexibility index (Phi) is 4.18. The van der Waals surface area contributed by atoms with Crippen LogP contribution in [0.5, 0.6) is 0 Å². The third-order valence-electron chi connectivity index (χ3n) is 5.73. The minimum Gasteiger partial charge on any atom is -0.365 e. The van der Waals surface area contributed by atoms with E-state index in [-0.39, 0.29) is 16.8 Å². The Morgan fingerprint density at radius 2 is 2.07 bits per heavy atom. The predicted octanol–water partition coefficient (Wildman–Crippen LogP) is 3.83. The van der Waals surface area contributed by atoms with Gasteiger partial charge in [0.25, 0.3) is 15.7 Å². The van der Waals surface area contributed by atoms with Gasteiger partial charge in [-0.2, -0.15) is 0 Å². The summed E-state index contributed by atoms with van der Waals surface area (Å²) in [7, 11) is -2.00. The van der Waals surface area contributed by atoms with Crippen LogP contribution in [0.2, 0.25) is 0 Å². The fourth-order valence-corrected chi connectivity index (χ4v) is 5.29. The Labute approximate surface area is 172 Å². The second kappa shape index (κ2) is 6.66. The lowest BCUT2D eigenvalue weighted by molar-refractivity contribution is 0.442. The van der Waals surface area contributed by atoms with Crippen LogP contribution in [0, 0.1) is 12.7 Å². The number of nitrogens with zero attached hydrogens (tertiary/aromatic N) is 4. The lowest BCUT2D eigenvalue weighted by Crippen LogP contribution is -2.23. The number of rotatable bonds is 4. The van der Waals surface area contributed by atoms with Gasteiger partial charge in [-0.15, -0.1) is 0 Å². The molecule has 1 aromatic carbocycles. The van der Waals surface area contributed by atoms with Crippen LogP contribution in [-0.4, -0.2) is 29.6 Å². The highest BCUT2D eigenvalue weighted by Crippen LogP contribution is 2.39. The van der Waals surface area contributed by atoms with E-state index in [1.165, 1.54) is 22.3 Å². The van der Waals surface area contributed by atoms with Gasteiger partial charge in [0.1, 0.15) is 10.7 Å². The lowest BCUT2D eigenvalue weighted by atomic mass is 10.1. The summed E-state index contributed by atoms with van der Waals surface area (Å²) < 4.78 is 47.0. The number of halogens is 1. The normalized spacial score (nSPS) is 16.2. The van der Waals surface area contributed by atoms with Gasteiger partial charge in [-0.3, -0.25) is 0 Å². The molecule has 0 radical (unpaired) electrons. The fourth-order valence-electron chi connectivity index (χ4n) is 4.08. The molecule has 4 aromatic rings. The van der Waals surface area contributed by atoms with Crippen LogP contribution in [0.15, 0.2) is 58.3 Å². The first-order valence-corrected chi connectivity index (χ1v) is 11.0. The van der Waals surface area contributed by atoms with Crippen LogP contribution in [0.1, 0.15) is 29.3 Å². The first-order valence-electron chi connectivity index (χ1n) is 9.52. The molecule has 0 N–H and O–H groups in total. The summed E-state index contributed by atoms with van der Waals surface area (Å²) in [5.74, 6) is -0.302. The molecule has 154 valence electrons. The Bertz CT molecular complexity index is 1380. The van der Waals surface area contributed by atoms with Crippen LogP contribution >= 0.6 is 0 Å². The number of para-hydroxylation sites is 1. The van der Waals surface area contributed by atoms with Gasteiger partial charge in [-0.05, 0) is 49.1 Å². The molecule has 0 bridgehead atoms. The molecular weight excluding hydrogens is 407 g/mol. The summed E-state index contributed by atoms with van der Waals surface area (Å²) in [4.78, 5) is 6.01. The van der Waals surface area contributed by atoms with E-state index in [4.69, 9.17) is 4.52 Å². The van der Waals surface area contributed by atoms with Gasteiger partial charge >= 0.3 is 0 Å². The molecule has 5 rings (SSSR count). The van der Waals surface area contributed by atoms with Gasteiger partial charge in [0.15, 0.2) is 0 Å². The molecule has 0 saturated carbocycles. The number of anilines is 1. The number of pyridine rings is 1. The van der Waals surface area contributed by atoms with Crippen molar-refractivity contribution in [1.29, 1.82) is 0 Å². The zero-order valence-electron chi connectivity index (χ0n) is 16.4. The largest absolute Gasteiger partial charge is 0.365 e. The van der Waals surface area contributed by atoms with Crippen molar-refractivity contribution < 1.29 is 17.3 Å². The molecule has 1 unspecified atom stereocenters. The molecule has 1 aliphatic carbocycles. The Morgan fingerprint density at radius 1 is 1.27 bits per heavy atom. The van der Waals surface area contributed by atoms with Gasteiger partial charge in [-0.25, -0.2) is 21.8 Å². The maximum Gasteiger partial charge on any atom is 0.269 e. The topological polar surface area (TPSA) is 81.2 Å². The summed E-state index contributed by atoms with van der Waals surface area (Å²) in [5.41, 5.74) is 3.20. The third kappa shape index (κ3) is 2.80. The molecule has 9 heteroatoms. The highest BCUT2D eigenvalue weighted by molar-refractivity contribution is 7.90. The zero-order chi connectivity index (χ0) is 21.0. The van der Waals surface area contributed by atoms with Crippen molar-refractivity contribution in [1.82, 2.24) is 14.1 Å². The zero-order valence-corrected chi connectivity index (χ0v) is 17.2. The first kappa shape index (κ1) is 18.8. The Morgan fingerprint density at radius 3 is 2.87 bits per heavy atom. The van der Waals surface area contributed by atoms with Crippen LogP contribution in [0.4, 0.5) is 10.1 Å². The van der Waals surface area contributed by atoms with Gasteiger partial charge in [0, 0.05) is 19.4 Å². The highest BCUT2D eigenvalue weighted by atomic mass is 32.2. The number of aryl methyl sites for hydroxylation is 2. The molecule has 3 aromatic heterocycles. The minimum atomic E-state index is -3.83. The quantitative estimate of drug-likeness (QED) is 0.493. The second-order valence-corrected chi connectivity index (χ2v) is 9.33. The van der Waals surface area contributed by atoms with Crippen molar-refractivity contribution in [3.63, 3.8) is 0 Å². The van der Waals surface area contributed by atoms with E-state index >= 15 is 0 Å². The van der Waals surface area contributed by atoms with Crippen LogP contribution < -0.4 is 4.90 Å². The van der Waals surface area contributed by atoms with Gasteiger partial charge in [0.05, 0.1) is 29.0 Å². The maximum atomic E-state index is 14.3. The molecular formula is C21H19FN4O3S. The van der Waals surface area contributed by atoms with E-state index in [2.05, 4.69) is 10.1 Å². The van der Waals surface area contributed by atoms with E-state index < -0.39 is 10.0 Å². The monoisotopic (exact) mass is 426 g/mol. The molecule has 0 aliphatic heterocycles. The smallest absolute Gasteiger partial charge is 0.269 e.